The fourth-order valence-electron chi connectivity index (χ4n) is 2.01. The maximum atomic E-state index is 5.77. The molecule has 0 bridgehead atoms. The first-order valence-corrected chi connectivity index (χ1v) is 6.51. The summed E-state index contributed by atoms with van der Waals surface area (Å²) in [6.07, 6.45) is 1.11. The van der Waals surface area contributed by atoms with Gasteiger partial charge in [-0.25, -0.2) is 0 Å². The van der Waals surface area contributed by atoms with E-state index in [1.165, 1.54) is 5.56 Å². The Balaban J connectivity index is 1.93. The molecular formula is C11H19N3OS. The first-order chi connectivity index (χ1) is 7.79. The monoisotopic (exact) mass is 241 g/mol. The topological polar surface area (TPSA) is 50.5 Å². The lowest BCUT2D eigenvalue weighted by Gasteiger charge is -2.34. The second kappa shape index (κ2) is 5.75. The highest BCUT2D eigenvalue weighted by Crippen LogP contribution is 2.14. The number of hydrogen-bond donors (Lipinski definition) is 2. The molecule has 2 atom stereocenters. The Morgan fingerprint density at radius 3 is 3.25 bits per heavy atom. The number of nitrogens with one attached hydrogen (secondary N) is 1. The summed E-state index contributed by atoms with van der Waals surface area (Å²) in [5.74, 6) is 5.62. The summed E-state index contributed by atoms with van der Waals surface area (Å²) in [6, 6.07) is 2.33. The van der Waals surface area contributed by atoms with Crippen LogP contribution in [0.25, 0.3) is 0 Å². The molecule has 16 heavy (non-hydrogen) atoms. The molecule has 3 N–H and O–H groups in total. The number of rotatable bonds is 4. The van der Waals surface area contributed by atoms with Crippen molar-refractivity contribution < 1.29 is 4.74 Å². The molecule has 5 heteroatoms. The van der Waals surface area contributed by atoms with Crippen LogP contribution >= 0.6 is 11.3 Å². The van der Waals surface area contributed by atoms with Crippen molar-refractivity contribution in [2.24, 2.45) is 5.84 Å². The van der Waals surface area contributed by atoms with Crippen LogP contribution in [0.2, 0.25) is 0 Å². The number of hydrazine groups is 1. The van der Waals surface area contributed by atoms with Crippen LogP contribution in [0, 0.1) is 0 Å². The summed E-state index contributed by atoms with van der Waals surface area (Å²) < 4.78 is 5.77. The van der Waals surface area contributed by atoms with E-state index in [-0.39, 0.29) is 12.1 Å². The lowest BCUT2D eigenvalue weighted by molar-refractivity contribution is -0.0384. The van der Waals surface area contributed by atoms with Crippen LogP contribution in [-0.2, 0) is 11.2 Å². The van der Waals surface area contributed by atoms with E-state index in [4.69, 9.17) is 10.6 Å². The lowest BCUT2D eigenvalue weighted by Crippen LogP contribution is -2.54. The molecule has 1 aliphatic heterocycles. The first kappa shape index (κ1) is 12.0. The van der Waals surface area contributed by atoms with Gasteiger partial charge in [0.15, 0.2) is 0 Å². The molecule has 2 unspecified atom stereocenters. The summed E-state index contributed by atoms with van der Waals surface area (Å²) in [4.78, 5) is 2.28. The standard InChI is InChI=1S/C11H19N3OS/c1-14-3-4-15-11(7-14)10(13-12)6-9-2-5-16-8-9/h2,5,8,10-11,13H,3-4,6-7,12H2,1H3. The van der Waals surface area contributed by atoms with E-state index in [1.807, 2.05) is 0 Å². The predicted molar refractivity (Wildman–Crippen MR) is 66.4 cm³/mol. The van der Waals surface area contributed by atoms with Crippen LogP contribution in [0.3, 0.4) is 0 Å². The van der Waals surface area contributed by atoms with Gasteiger partial charge < -0.3 is 9.64 Å². The van der Waals surface area contributed by atoms with Gasteiger partial charge in [0.2, 0.25) is 0 Å². The molecule has 0 spiro atoms. The highest BCUT2D eigenvalue weighted by atomic mass is 32.1. The minimum atomic E-state index is 0.184. The predicted octanol–water partition coefficient (Wildman–Crippen LogP) is 0.453. The van der Waals surface area contributed by atoms with Crippen LogP contribution in [0.1, 0.15) is 5.56 Å². The van der Waals surface area contributed by atoms with Gasteiger partial charge in [-0.15, -0.1) is 0 Å². The number of nitrogens with zero attached hydrogens (tertiary/aromatic N) is 1. The van der Waals surface area contributed by atoms with Gasteiger partial charge in [-0.2, -0.15) is 11.3 Å². The molecule has 0 saturated carbocycles. The Morgan fingerprint density at radius 1 is 1.75 bits per heavy atom. The zero-order valence-corrected chi connectivity index (χ0v) is 10.4. The first-order valence-electron chi connectivity index (χ1n) is 5.57. The van der Waals surface area contributed by atoms with E-state index in [0.29, 0.717) is 0 Å². The molecule has 2 heterocycles. The van der Waals surface area contributed by atoms with Crippen LogP contribution < -0.4 is 11.3 Å². The molecule has 0 aliphatic carbocycles. The van der Waals surface area contributed by atoms with Gasteiger partial charge in [0.05, 0.1) is 18.8 Å². The Labute approximate surface area is 100 Å². The van der Waals surface area contributed by atoms with E-state index in [2.05, 4.69) is 34.2 Å². The molecule has 1 saturated heterocycles. The Morgan fingerprint density at radius 2 is 2.62 bits per heavy atom. The van der Waals surface area contributed by atoms with E-state index >= 15 is 0 Å². The molecule has 4 nitrogen and oxygen atoms in total. The van der Waals surface area contributed by atoms with Crippen molar-refractivity contribution in [3.05, 3.63) is 22.4 Å². The zero-order chi connectivity index (χ0) is 11.4. The van der Waals surface area contributed by atoms with Crippen molar-refractivity contribution in [2.75, 3.05) is 26.7 Å². The number of ether oxygens (including phenoxy) is 1. The molecule has 90 valence electrons. The smallest absolute Gasteiger partial charge is 0.0871 e. The number of morpholine rings is 1. The molecule has 2 rings (SSSR count). The Hall–Kier alpha value is -0.460. The van der Waals surface area contributed by atoms with Crippen molar-refractivity contribution in [2.45, 2.75) is 18.6 Å². The summed E-state index contributed by atoms with van der Waals surface area (Å²) >= 11 is 1.72. The van der Waals surface area contributed by atoms with Crippen molar-refractivity contribution in [3.8, 4) is 0 Å². The van der Waals surface area contributed by atoms with Gasteiger partial charge in [-0.1, -0.05) is 0 Å². The van der Waals surface area contributed by atoms with Gasteiger partial charge in [-0.3, -0.25) is 11.3 Å². The Kier molecular flexibility index (Phi) is 4.31. The van der Waals surface area contributed by atoms with Crippen molar-refractivity contribution >= 4 is 11.3 Å². The molecule has 0 aromatic carbocycles. The number of thiophene rings is 1. The van der Waals surface area contributed by atoms with Crippen molar-refractivity contribution in [1.29, 1.82) is 0 Å². The fraction of sp³-hybridized carbons (Fsp3) is 0.636. The summed E-state index contributed by atoms with van der Waals surface area (Å²) in [7, 11) is 2.12. The minimum Gasteiger partial charge on any atom is -0.374 e. The SMILES string of the molecule is CN1CCOC(C(Cc2ccsc2)NN)C1. The fourth-order valence-corrected chi connectivity index (χ4v) is 2.70. The van der Waals surface area contributed by atoms with Crippen molar-refractivity contribution in [1.82, 2.24) is 10.3 Å². The molecule has 1 fully saturated rings. The maximum absolute atomic E-state index is 5.77. The molecule has 1 aliphatic rings. The number of nitrogens with two attached hydrogens (primary N) is 1. The average Bonchev–Trinajstić information content (AvgIpc) is 2.78. The van der Waals surface area contributed by atoms with Gasteiger partial charge in [-0.05, 0) is 35.9 Å². The second-order valence-electron chi connectivity index (χ2n) is 4.28. The quantitative estimate of drug-likeness (QED) is 0.594. The van der Waals surface area contributed by atoms with E-state index in [0.717, 1.165) is 26.1 Å². The van der Waals surface area contributed by atoms with E-state index < -0.39 is 0 Å². The average molecular weight is 241 g/mol. The largest absolute Gasteiger partial charge is 0.374 e. The van der Waals surface area contributed by atoms with Crippen molar-refractivity contribution in [3.63, 3.8) is 0 Å². The van der Waals surface area contributed by atoms with Crippen LogP contribution in [0.5, 0.6) is 0 Å². The lowest BCUT2D eigenvalue weighted by atomic mass is 10.0. The maximum Gasteiger partial charge on any atom is 0.0871 e. The van der Waals surface area contributed by atoms with Gasteiger partial charge in [0.25, 0.3) is 0 Å². The minimum absolute atomic E-state index is 0.184. The third kappa shape index (κ3) is 3.02. The number of hydrogen-bond acceptors (Lipinski definition) is 5. The zero-order valence-electron chi connectivity index (χ0n) is 9.56. The highest BCUT2D eigenvalue weighted by Gasteiger charge is 2.26. The summed E-state index contributed by atoms with van der Waals surface area (Å²) in [5.41, 5.74) is 4.21. The van der Waals surface area contributed by atoms with Crippen LogP contribution in [0.15, 0.2) is 16.8 Å². The Bertz CT molecular complexity index is 304. The second-order valence-corrected chi connectivity index (χ2v) is 5.06. The number of likely N-dealkylation sites (N-methyl/N-ethyl adjacent to an activating group) is 1. The molecule has 0 radical (unpaired) electrons. The van der Waals surface area contributed by atoms with Crippen LogP contribution in [0.4, 0.5) is 0 Å². The summed E-state index contributed by atoms with van der Waals surface area (Å²) in [6.45, 7) is 2.74. The van der Waals surface area contributed by atoms with Gasteiger partial charge >= 0.3 is 0 Å². The normalized spacial score (nSPS) is 24.5. The van der Waals surface area contributed by atoms with Crippen LogP contribution in [-0.4, -0.2) is 43.8 Å². The molecule has 1 aromatic rings. The third-order valence-corrected chi connectivity index (χ3v) is 3.73. The molecule has 1 aromatic heterocycles. The van der Waals surface area contributed by atoms with Gasteiger partial charge in [0.1, 0.15) is 0 Å². The van der Waals surface area contributed by atoms with Gasteiger partial charge in [0, 0.05) is 13.1 Å². The van der Waals surface area contributed by atoms with E-state index in [1.54, 1.807) is 11.3 Å². The molecular weight excluding hydrogens is 222 g/mol. The molecule has 0 amide bonds. The highest BCUT2D eigenvalue weighted by molar-refractivity contribution is 7.07. The summed E-state index contributed by atoms with van der Waals surface area (Å²) in [5, 5.41) is 4.26. The third-order valence-electron chi connectivity index (χ3n) is 3.00. The van der Waals surface area contributed by atoms with E-state index in [9.17, 15) is 0 Å².